The Morgan fingerprint density at radius 3 is 2.74 bits per heavy atom. The van der Waals surface area contributed by atoms with E-state index in [1.807, 2.05) is 6.92 Å². The van der Waals surface area contributed by atoms with Crippen molar-refractivity contribution in [3.63, 3.8) is 0 Å². The maximum absolute atomic E-state index is 6.96. The Kier molecular flexibility index (Phi) is 4.03. The number of hydrogen-bond acceptors (Lipinski definition) is 5. The number of piperidine rings is 1. The van der Waals surface area contributed by atoms with E-state index in [9.17, 15) is 0 Å². The van der Waals surface area contributed by atoms with Crippen LogP contribution in [0.1, 0.15) is 67.1 Å². The van der Waals surface area contributed by atoms with Gasteiger partial charge in [-0.2, -0.15) is 5.10 Å². The van der Waals surface area contributed by atoms with Crippen LogP contribution in [-0.4, -0.2) is 31.8 Å². The lowest BCUT2D eigenvalue weighted by molar-refractivity contribution is 0.283. The van der Waals surface area contributed by atoms with Crippen LogP contribution in [-0.2, 0) is 0 Å². The fourth-order valence-corrected chi connectivity index (χ4v) is 7.08. The van der Waals surface area contributed by atoms with E-state index >= 15 is 0 Å². The predicted molar refractivity (Wildman–Crippen MR) is 125 cm³/mol. The van der Waals surface area contributed by atoms with Crippen molar-refractivity contribution < 1.29 is 0 Å². The van der Waals surface area contributed by atoms with Crippen LogP contribution < -0.4 is 5.32 Å². The lowest BCUT2D eigenvalue weighted by atomic mass is 10.0. The Morgan fingerprint density at radius 1 is 1.06 bits per heavy atom. The molecule has 7 heteroatoms. The summed E-state index contributed by atoms with van der Waals surface area (Å²) in [6.07, 6.45) is 8.23. The minimum atomic E-state index is 0.411. The van der Waals surface area contributed by atoms with Gasteiger partial charge in [0.05, 0.1) is 16.8 Å². The van der Waals surface area contributed by atoms with Crippen LogP contribution in [0.25, 0.3) is 21.1 Å². The van der Waals surface area contributed by atoms with Gasteiger partial charge in [-0.05, 0) is 62.0 Å². The molecule has 2 saturated heterocycles. The normalized spacial score (nSPS) is 29.8. The zero-order valence-corrected chi connectivity index (χ0v) is 19.0. The lowest BCUT2D eigenvalue weighted by Gasteiger charge is -2.29. The average molecular weight is 450 g/mol. The molecule has 5 nitrogen and oxygen atoms in total. The number of thiophene rings is 1. The summed E-state index contributed by atoms with van der Waals surface area (Å²) in [5.74, 6) is 1.68. The number of hydrogen-bond donors (Lipinski definition) is 1. The van der Waals surface area contributed by atoms with E-state index in [-0.39, 0.29) is 0 Å². The Labute approximate surface area is 189 Å². The standard InChI is InChI=1S/C24H24ClN5S/c1-12-26-23(18-6-7-31-24(18)27-12)20-10-19(20)17-5-2-13-11-30(29-22(13)21(17)25)16-8-14-3-4-15(9-16)28-14/h2,5-7,11,14-16,19-20,28H,3-4,8-10H2,1H3/t14-,15+,16?,19?,20?. The average Bonchev–Trinajstić information content (AvgIpc) is 3.08. The van der Waals surface area contributed by atoms with Gasteiger partial charge in [0.1, 0.15) is 16.2 Å². The first-order chi connectivity index (χ1) is 15.1. The van der Waals surface area contributed by atoms with Gasteiger partial charge in [0.25, 0.3) is 0 Å². The van der Waals surface area contributed by atoms with Crippen LogP contribution in [0.4, 0.5) is 0 Å². The molecule has 5 atom stereocenters. The molecule has 158 valence electrons. The van der Waals surface area contributed by atoms with Crippen molar-refractivity contribution in [1.29, 1.82) is 0 Å². The highest BCUT2D eigenvalue weighted by Gasteiger charge is 2.43. The molecule has 2 aliphatic heterocycles. The number of fused-ring (bicyclic) bond motifs is 4. The maximum Gasteiger partial charge on any atom is 0.127 e. The first-order valence-corrected chi connectivity index (χ1v) is 12.5. The minimum absolute atomic E-state index is 0.411. The van der Waals surface area contributed by atoms with Gasteiger partial charge >= 0.3 is 0 Å². The summed E-state index contributed by atoms with van der Waals surface area (Å²) in [5.41, 5.74) is 3.35. The zero-order valence-electron chi connectivity index (χ0n) is 17.4. The second kappa shape index (κ2) is 6.74. The SMILES string of the molecule is Cc1nc(C2CC2c2ccc3cn(C4C[C@H]5CC[C@@H](C4)N5)nc3c2Cl)c2ccsc2n1. The van der Waals surface area contributed by atoms with Crippen molar-refractivity contribution in [1.82, 2.24) is 25.1 Å². The summed E-state index contributed by atoms with van der Waals surface area (Å²) in [6, 6.07) is 8.36. The highest BCUT2D eigenvalue weighted by Crippen LogP contribution is 2.57. The van der Waals surface area contributed by atoms with Gasteiger partial charge < -0.3 is 5.32 Å². The number of benzene rings is 1. The molecule has 1 N–H and O–H groups in total. The molecule has 3 aliphatic rings. The van der Waals surface area contributed by atoms with Crippen LogP contribution in [0.2, 0.25) is 5.02 Å². The fourth-order valence-electron chi connectivity index (χ4n) is 5.92. The second-order valence-corrected chi connectivity index (χ2v) is 10.8. The van der Waals surface area contributed by atoms with Crippen LogP contribution in [0.3, 0.4) is 0 Å². The summed E-state index contributed by atoms with van der Waals surface area (Å²) < 4.78 is 2.19. The molecule has 1 saturated carbocycles. The summed E-state index contributed by atoms with van der Waals surface area (Å²) in [7, 11) is 0. The smallest absolute Gasteiger partial charge is 0.127 e. The third-order valence-electron chi connectivity index (χ3n) is 7.49. The van der Waals surface area contributed by atoms with Crippen LogP contribution in [0.5, 0.6) is 0 Å². The summed E-state index contributed by atoms with van der Waals surface area (Å²) in [5, 5.41) is 14.0. The molecule has 1 aliphatic carbocycles. The molecule has 0 radical (unpaired) electrons. The van der Waals surface area contributed by atoms with Gasteiger partial charge in [0.2, 0.25) is 0 Å². The highest BCUT2D eigenvalue weighted by molar-refractivity contribution is 7.16. The molecular weight excluding hydrogens is 426 g/mol. The minimum Gasteiger partial charge on any atom is -0.311 e. The van der Waals surface area contributed by atoms with E-state index in [1.54, 1.807) is 11.3 Å². The summed E-state index contributed by atoms with van der Waals surface area (Å²) >= 11 is 8.65. The number of nitrogens with one attached hydrogen (secondary N) is 1. The first-order valence-electron chi connectivity index (χ1n) is 11.3. The number of aryl methyl sites for hydroxylation is 1. The maximum atomic E-state index is 6.96. The molecule has 1 aromatic carbocycles. The van der Waals surface area contributed by atoms with E-state index in [0.29, 0.717) is 30.0 Å². The Hall–Kier alpha value is -2.02. The van der Waals surface area contributed by atoms with Gasteiger partial charge in [0.15, 0.2) is 0 Å². The van der Waals surface area contributed by atoms with Gasteiger partial charge in [-0.25, -0.2) is 9.97 Å². The molecule has 3 fully saturated rings. The van der Waals surface area contributed by atoms with Gasteiger partial charge in [-0.15, -0.1) is 11.3 Å². The zero-order chi connectivity index (χ0) is 20.7. The van der Waals surface area contributed by atoms with Crippen molar-refractivity contribution in [2.24, 2.45) is 0 Å². The fraction of sp³-hybridized carbons (Fsp3) is 0.458. The number of halogens is 1. The van der Waals surface area contributed by atoms with E-state index < -0.39 is 0 Å². The van der Waals surface area contributed by atoms with Gasteiger partial charge in [-0.3, -0.25) is 4.68 Å². The predicted octanol–water partition coefficient (Wildman–Crippen LogP) is 5.73. The van der Waals surface area contributed by atoms with E-state index in [0.717, 1.165) is 33.0 Å². The molecule has 0 amide bonds. The van der Waals surface area contributed by atoms with Gasteiger partial charge in [-0.1, -0.05) is 23.7 Å². The Balaban J connectivity index is 1.22. The largest absolute Gasteiger partial charge is 0.311 e. The van der Waals surface area contributed by atoms with Crippen molar-refractivity contribution in [3.05, 3.63) is 51.9 Å². The molecule has 5 heterocycles. The molecule has 4 aromatic rings. The molecule has 31 heavy (non-hydrogen) atoms. The molecule has 3 unspecified atom stereocenters. The summed E-state index contributed by atoms with van der Waals surface area (Å²) in [4.78, 5) is 10.5. The van der Waals surface area contributed by atoms with E-state index in [4.69, 9.17) is 21.7 Å². The topological polar surface area (TPSA) is 55.6 Å². The Bertz CT molecular complexity index is 1310. The molecular formula is C24H24ClN5S. The van der Waals surface area contributed by atoms with Crippen LogP contribution in [0, 0.1) is 6.92 Å². The highest BCUT2D eigenvalue weighted by atomic mass is 35.5. The quantitative estimate of drug-likeness (QED) is 0.434. The van der Waals surface area contributed by atoms with E-state index in [2.05, 4.69) is 44.8 Å². The number of rotatable bonds is 3. The molecule has 3 aromatic heterocycles. The van der Waals surface area contributed by atoms with Crippen molar-refractivity contribution in [2.75, 3.05) is 0 Å². The first kappa shape index (κ1) is 18.5. The van der Waals surface area contributed by atoms with Crippen LogP contribution >= 0.6 is 22.9 Å². The molecule has 0 spiro atoms. The summed E-state index contributed by atoms with van der Waals surface area (Å²) in [6.45, 7) is 1.98. The monoisotopic (exact) mass is 449 g/mol. The molecule has 2 bridgehead atoms. The number of nitrogens with zero attached hydrogens (tertiary/aromatic N) is 4. The third-order valence-corrected chi connectivity index (χ3v) is 8.70. The Morgan fingerprint density at radius 2 is 1.90 bits per heavy atom. The van der Waals surface area contributed by atoms with Crippen molar-refractivity contribution in [3.8, 4) is 0 Å². The lowest BCUT2D eigenvalue weighted by Crippen LogP contribution is -2.38. The molecule has 7 rings (SSSR count). The van der Waals surface area contributed by atoms with Crippen molar-refractivity contribution in [2.45, 2.75) is 69.0 Å². The van der Waals surface area contributed by atoms with Crippen molar-refractivity contribution >= 4 is 44.1 Å². The third kappa shape index (κ3) is 2.95. The number of aromatic nitrogens is 4. The van der Waals surface area contributed by atoms with Crippen LogP contribution in [0.15, 0.2) is 29.8 Å². The second-order valence-electron chi connectivity index (χ2n) is 9.52. The van der Waals surface area contributed by atoms with Gasteiger partial charge in [0, 0.05) is 35.0 Å². The van der Waals surface area contributed by atoms with E-state index in [1.165, 1.54) is 42.3 Å².